The molecular weight excluding hydrogens is 520 g/mol. The highest BCUT2D eigenvalue weighted by Crippen LogP contribution is 2.42. The summed E-state index contributed by atoms with van der Waals surface area (Å²) in [4.78, 5) is 0. The highest BCUT2D eigenvalue weighted by molar-refractivity contribution is 7.97. The fourth-order valence-corrected chi connectivity index (χ4v) is 7.46. The van der Waals surface area contributed by atoms with Crippen LogP contribution >= 0.6 is 11.8 Å². The van der Waals surface area contributed by atoms with Gasteiger partial charge >= 0.3 is 0 Å². The van der Waals surface area contributed by atoms with Crippen molar-refractivity contribution < 1.29 is 8.83 Å². The van der Waals surface area contributed by atoms with E-state index in [-0.39, 0.29) is 0 Å². The van der Waals surface area contributed by atoms with Crippen LogP contribution in [0.15, 0.2) is 130 Å². The van der Waals surface area contributed by atoms with E-state index in [0.29, 0.717) is 0 Å². The van der Waals surface area contributed by atoms with Gasteiger partial charge in [-0.15, -0.1) is 0 Å². The van der Waals surface area contributed by atoms with E-state index in [0.717, 1.165) is 60.9 Å². The molecule has 2 nitrogen and oxygen atoms in total. The second-order valence-electron chi connectivity index (χ2n) is 10.8. The van der Waals surface area contributed by atoms with Gasteiger partial charge in [0.05, 0.1) is 0 Å². The molecule has 0 amide bonds. The fourth-order valence-electron chi connectivity index (χ4n) is 6.43. The molecule has 0 atom stereocenters. The largest absolute Gasteiger partial charge is 0.456 e. The van der Waals surface area contributed by atoms with Gasteiger partial charge in [0.2, 0.25) is 0 Å². The van der Waals surface area contributed by atoms with Crippen molar-refractivity contribution in [1.29, 1.82) is 0 Å². The Labute approximate surface area is 241 Å². The predicted molar refractivity (Wildman–Crippen MR) is 172 cm³/mol. The molecule has 0 fully saturated rings. The average molecular weight is 545 g/mol. The standard InChI is InChI=1S/C38H24O2S/c1-3-10-35-30(6-1)32-17-15-24(20-37(32)39-35)23-14-16-28-27(18-23)22-41-21-26-13-12-25(19-34(26)28)29-8-5-9-33-31-7-2-4-11-36(31)40-38(29)33/h1-20H,21-22H2. The maximum atomic E-state index is 6.38. The number of hydrogen-bond donors (Lipinski definition) is 0. The lowest BCUT2D eigenvalue weighted by molar-refractivity contribution is 0.669. The van der Waals surface area contributed by atoms with E-state index in [2.05, 4.69) is 97.1 Å². The summed E-state index contributed by atoms with van der Waals surface area (Å²) < 4.78 is 12.6. The minimum atomic E-state index is 0.930. The van der Waals surface area contributed by atoms with Crippen LogP contribution in [-0.2, 0) is 11.5 Å². The molecule has 1 aliphatic rings. The van der Waals surface area contributed by atoms with Crippen molar-refractivity contribution in [2.45, 2.75) is 11.5 Å². The van der Waals surface area contributed by atoms with Crippen molar-refractivity contribution in [3.63, 3.8) is 0 Å². The van der Waals surface area contributed by atoms with Gasteiger partial charge in [0.15, 0.2) is 0 Å². The SMILES string of the molecule is c1ccc2c(c1)oc1cc(-c3ccc4c(c3)CSCc3ccc(-c5cccc6c5oc5ccccc56)cc3-4)ccc12. The highest BCUT2D eigenvalue weighted by Gasteiger charge is 2.19. The lowest BCUT2D eigenvalue weighted by atomic mass is 9.90. The summed E-state index contributed by atoms with van der Waals surface area (Å²) in [5.41, 5.74) is 13.9. The molecule has 0 radical (unpaired) electrons. The maximum absolute atomic E-state index is 6.38. The first-order valence-electron chi connectivity index (χ1n) is 14.0. The number of furan rings is 2. The molecule has 0 aliphatic carbocycles. The molecule has 3 heterocycles. The molecule has 0 unspecified atom stereocenters. The fraction of sp³-hybridized carbons (Fsp3) is 0.0526. The Morgan fingerprint density at radius 3 is 2.00 bits per heavy atom. The monoisotopic (exact) mass is 544 g/mol. The first kappa shape index (κ1) is 23.0. The summed E-state index contributed by atoms with van der Waals surface area (Å²) >= 11 is 1.98. The van der Waals surface area contributed by atoms with Crippen LogP contribution in [0.5, 0.6) is 0 Å². The normalized spacial score (nSPS) is 13.1. The first-order chi connectivity index (χ1) is 20.3. The van der Waals surface area contributed by atoms with Crippen LogP contribution in [-0.4, -0.2) is 0 Å². The molecule has 9 rings (SSSR count). The molecule has 0 spiro atoms. The number of hydrogen-bond acceptors (Lipinski definition) is 3. The van der Waals surface area contributed by atoms with Gasteiger partial charge in [-0.1, -0.05) is 84.9 Å². The molecule has 0 saturated heterocycles. The van der Waals surface area contributed by atoms with Crippen molar-refractivity contribution in [3.05, 3.63) is 132 Å². The quantitative estimate of drug-likeness (QED) is 0.216. The van der Waals surface area contributed by atoms with Gasteiger partial charge in [0.25, 0.3) is 0 Å². The zero-order chi connectivity index (χ0) is 26.9. The van der Waals surface area contributed by atoms with E-state index < -0.39 is 0 Å². The molecule has 1 aliphatic heterocycles. The molecule has 2 aromatic heterocycles. The summed E-state index contributed by atoms with van der Waals surface area (Å²) in [7, 11) is 0. The zero-order valence-electron chi connectivity index (χ0n) is 22.2. The van der Waals surface area contributed by atoms with Gasteiger partial charge in [0, 0.05) is 38.6 Å². The molecule has 194 valence electrons. The second kappa shape index (κ2) is 8.89. The number of para-hydroxylation sites is 3. The summed E-state index contributed by atoms with van der Waals surface area (Å²) in [6, 6.07) is 43.5. The first-order valence-corrected chi connectivity index (χ1v) is 15.1. The maximum Gasteiger partial charge on any atom is 0.143 e. The van der Waals surface area contributed by atoms with Crippen molar-refractivity contribution in [2.75, 3.05) is 0 Å². The Morgan fingerprint density at radius 1 is 0.415 bits per heavy atom. The molecule has 3 heteroatoms. The van der Waals surface area contributed by atoms with E-state index in [1.807, 2.05) is 36.0 Å². The Hall–Kier alpha value is -4.73. The van der Waals surface area contributed by atoms with Gasteiger partial charge in [-0.2, -0.15) is 11.8 Å². The molecule has 0 saturated carbocycles. The third-order valence-electron chi connectivity index (χ3n) is 8.45. The predicted octanol–water partition coefficient (Wildman–Crippen LogP) is 11.2. The van der Waals surface area contributed by atoms with Crippen molar-refractivity contribution >= 4 is 55.6 Å². The molecule has 0 bridgehead atoms. The van der Waals surface area contributed by atoms with Crippen molar-refractivity contribution in [3.8, 4) is 33.4 Å². The molecule has 0 N–H and O–H groups in total. The Morgan fingerprint density at radius 2 is 1.10 bits per heavy atom. The van der Waals surface area contributed by atoms with Gasteiger partial charge in [-0.3, -0.25) is 0 Å². The van der Waals surface area contributed by atoms with Crippen LogP contribution in [0, 0.1) is 0 Å². The van der Waals surface area contributed by atoms with Gasteiger partial charge in [0.1, 0.15) is 22.3 Å². The second-order valence-corrected chi connectivity index (χ2v) is 11.8. The number of benzene rings is 6. The summed E-state index contributed by atoms with van der Waals surface area (Å²) in [5.74, 6) is 1.98. The van der Waals surface area contributed by atoms with Crippen LogP contribution in [0.2, 0.25) is 0 Å². The average Bonchev–Trinajstić information content (AvgIpc) is 3.53. The topological polar surface area (TPSA) is 26.3 Å². The van der Waals surface area contributed by atoms with E-state index in [1.54, 1.807) is 0 Å². The summed E-state index contributed by atoms with van der Waals surface area (Å²) in [6.07, 6.45) is 0. The molecule has 41 heavy (non-hydrogen) atoms. The zero-order valence-corrected chi connectivity index (χ0v) is 23.0. The number of rotatable bonds is 2. The summed E-state index contributed by atoms with van der Waals surface area (Å²) in [6.45, 7) is 0. The minimum Gasteiger partial charge on any atom is -0.456 e. The smallest absolute Gasteiger partial charge is 0.143 e. The van der Waals surface area contributed by atoms with E-state index in [1.165, 1.54) is 38.9 Å². The van der Waals surface area contributed by atoms with Crippen LogP contribution in [0.1, 0.15) is 11.1 Å². The Bertz CT molecular complexity index is 2300. The molecule has 8 aromatic rings. The molecular formula is C38H24O2S. The van der Waals surface area contributed by atoms with Gasteiger partial charge < -0.3 is 8.83 Å². The third-order valence-corrected chi connectivity index (χ3v) is 9.48. The van der Waals surface area contributed by atoms with Crippen molar-refractivity contribution in [2.24, 2.45) is 0 Å². The van der Waals surface area contributed by atoms with Crippen LogP contribution in [0.3, 0.4) is 0 Å². The number of thioether (sulfide) groups is 1. The van der Waals surface area contributed by atoms with E-state index in [9.17, 15) is 0 Å². The van der Waals surface area contributed by atoms with Crippen LogP contribution in [0.25, 0.3) is 77.3 Å². The molecule has 6 aromatic carbocycles. The summed E-state index contributed by atoms with van der Waals surface area (Å²) in [5, 5.41) is 4.65. The third kappa shape index (κ3) is 3.59. The minimum absolute atomic E-state index is 0.930. The van der Waals surface area contributed by atoms with Crippen LogP contribution < -0.4 is 0 Å². The van der Waals surface area contributed by atoms with Crippen LogP contribution in [0.4, 0.5) is 0 Å². The van der Waals surface area contributed by atoms with Gasteiger partial charge in [-0.25, -0.2) is 0 Å². The van der Waals surface area contributed by atoms with Gasteiger partial charge in [-0.05, 0) is 75.3 Å². The number of fused-ring (bicyclic) bond motifs is 9. The lowest BCUT2D eigenvalue weighted by Gasteiger charge is -2.13. The highest BCUT2D eigenvalue weighted by atomic mass is 32.2. The van der Waals surface area contributed by atoms with Crippen molar-refractivity contribution in [1.82, 2.24) is 0 Å². The van der Waals surface area contributed by atoms with E-state index >= 15 is 0 Å². The Balaban J connectivity index is 1.16. The lowest BCUT2D eigenvalue weighted by Crippen LogP contribution is -1.91. The van der Waals surface area contributed by atoms with E-state index in [4.69, 9.17) is 8.83 Å². The Kier molecular flexibility index (Phi) is 4.99.